The molecule has 0 fully saturated rings. The van der Waals surface area contributed by atoms with E-state index in [1.54, 1.807) is 0 Å². The Balaban J connectivity index is 4.12. The Morgan fingerprint density at radius 3 is 2.33 bits per heavy atom. The van der Waals surface area contributed by atoms with E-state index in [0.717, 1.165) is 30.9 Å². The Morgan fingerprint density at radius 2 is 1.76 bits per heavy atom. The summed E-state index contributed by atoms with van der Waals surface area (Å²) in [4.78, 5) is 10.9. The van der Waals surface area contributed by atoms with Crippen LogP contribution in [-0.4, -0.2) is 30.4 Å². The quantitative estimate of drug-likeness (QED) is 0.181. The minimum Gasteiger partial charge on any atom is -0.369 e. The largest absolute Gasteiger partial charge is 0.369 e. The second kappa shape index (κ2) is 12.2. The minimum absolute atomic E-state index is 0.149. The number of hydrogen-bond donors (Lipinski definition) is 5. The van der Waals surface area contributed by atoms with Crippen LogP contribution in [0.5, 0.6) is 0 Å². The summed E-state index contributed by atoms with van der Waals surface area (Å²) in [6, 6.07) is 0. The molecule has 0 bridgehead atoms. The molecule has 21 heavy (non-hydrogen) atoms. The van der Waals surface area contributed by atoms with Crippen molar-refractivity contribution in [2.75, 3.05) is 13.2 Å². The fraction of sp³-hybridized carbons (Fsp3) is 0.846. The van der Waals surface area contributed by atoms with Crippen LogP contribution in [0, 0.1) is 16.7 Å². The first-order valence-corrected chi connectivity index (χ1v) is 7.47. The van der Waals surface area contributed by atoms with Crippen LogP contribution in [0.3, 0.4) is 0 Å². The van der Waals surface area contributed by atoms with Gasteiger partial charge in [0, 0.05) is 0 Å². The Kier molecular flexibility index (Phi) is 11.3. The standard InChI is InChI=1S/C13H30N6O2/c1-4-5-6-7-9-20-19(21-10-8-11(2)3)13(16)18-17-12(14)15/h11H,4-10H2,1-3H3,(H2,16,18)(H4,14,15,17). The van der Waals surface area contributed by atoms with Crippen LogP contribution in [0.25, 0.3) is 0 Å². The first kappa shape index (κ1) is 19.5. The molecule has 0 heterocycles. The number of nitrogens with zero attached hydrogens (tertiary/aromatic N) is 1. The van der Waals surface area contributed by atoms with Crippen molar-refractivity contribution in [2.24, 2.45) is 11.7 Å². The minimum atomic E-state index is -0.287. The maximum Gasteiger partial charge on any atom is 0.263 e. The SMILES string of the molecule is CCCCCCON(OCCC(C)C)C(=N)NNC(=N)N. The maximum absolute atomic E-state index is 7.79. The van der Waals surface area contributed by atoms with Gasteiger partial charge in [0.2, 0.25) is 5.96 Å². The van der Waals surface area contributed by atoms with Gasteiger partial charge in [-0.15, -0.1) is 0 Å². The first-order valence-electron chi connectivity index (χ1n) is 7.47. The summed E-state index contributed by atoms with van der Waals surface area (Å²) < 4.78 is 0. The summed E-state index contributed by atoms with van der Waals surface area (Å²) >= 11 is 0. The number of rotatable bonds is 10. The van der Waals surface area contributed by atoms with Crippen molar-refractivity contribution in [2.45, 2.75) is 52.9 Å². The summed E-state index contributed by atoms with van der Waals surface area (Å²) in [6.45, 7) is 7.28. The fourth-order valence-electron chi connectivity index (χ4n) is 1.39. The van der Waals surface area contributed by atoms with Crippen LogP contribution in [0.15, 0.2) is 0 Å². The topological polar surface area (TPSA) is 119 Å². The molecule has 6 N–H and O–H groups in total. The smallest absolute Gasteiger partial charge is 0.263 e. The van der Waals surface area contributed by atoms with Crippen molar-refractivity contribution in [1.82, 2.24) is 16.1 Å². The second-order valence-electron chi connectivity index (χ2n) is 5.18. The second-order valence-corrected chi connectivity index (χ2v) is 5.18. The van der Waals surface area contributed by atoms with Crippen molar-refractivity contribution in [3.63, 3.8) is 0 Å². The highest BCUT2D eigenvalue weighted by atomic mass is 17.0. The fourth-order valence-corrected chi connectivity index (χ4v) is 1.39. The number of nitrogens with one attached hydrogen (secondary N) is 4. The predicted molar refractivity (Wildman–Crippen MR) is 83.3 cm³/mol. The van der Waals surface area contributed by atoms with Gasteiger partial charge < -0.3 is 5.73 Å². The van der Waals surface area contributed by atoms with Gasteiger partial charge in [-0.2, -0.15) is 0 Å². The van der Waals surface area contributed by atoms with Crippen molar-refractivity contribution < 1.29 is 9.68 Å². The van der Waals surface area contributed by atoms with E-state index in [-0.39, 0.29) is 11.9 Å². The lowest BCUT2D eigenvalue weighted by Gasteiger charge is -2.23. The highest BCUT2D eigenvalue weighted by Crippen LogP contribution is 2.04. The number of hydroxylamine groups is 2. The predicted octanol–water partition coefficient (Wildman–Crippen LogP) is 1.70. The van der Waals surface area contributed by atoms with Gasteiger partial charge in [0.1, 0.15) is 0 Å². The summed E-state index contributed by atoms with van der Waals surface area (Å²) in [6.07, 6.45) is 5.19. The molecule has 124 valence electrons. The van der Waals surface area contributed by atoms with Crippen LogP contribution < -0.4 is 16.6 Å². The van der Waals surface area contributed by atoms with Gasteiger partial charge in [-0.1, -0.05) is 45.3 Å². The van der Waals surface area contributed by atoms with Crippen LogP contribution >= 0.6 is 0 Å². The number of nitrogens with two attached hydrogens (primary N) is 1. The molecule has 8 nitrogen and oxygen atoms in total. The molecular weight excluding hydrogens is 272 g/mol. The van der Waals surface area contributed by atoms with E-state index in [2.05, 4.69) is 31.6 Å². The summed E-state index contributed by atoms with van der Waals surface area (Å²) in [5.41, 5.74) is 9.90. The Morgan fingerprint density at radius 1 is 1.10 bits per heavy atom. The number of hydrogen-bond acceptors (Lipinski definition) is 4. The van der Waals surface area contributed by atoms with Crippen LogP contribution in [-0.2, 0) is 9.68 Å². The monoisotopic (exact) mass is 302 g/mol. The highest BCUT2D eigenvalue weighted by molar-refractivity contribution is 5.80. The van der Waals surface area contributed by atoms with Gasteiger partial charge in [0.05, 0.1) is 13.2 Å². The average Bonchev–Trinajstić information content (AvgIpc) is 2.42. The summed E-state index contributed by atoms with van der Waals surface area (Å²) in [7, 11) is 0. The van der Waals surface area contributed by atoms with Crippen LogP contribution in [0.4, 0.5) is 0 Å². The summed E-state index contributed by atoms with van der Waals surface area (Å²) in [5, 5.41) is 15.9. The molecule has 0 rings (SSSR count). The molecule has 8 heteroatoms. The van der Waals surface area contributed by atoms with Crippen molar-refractivity contribution in [3.05, 3.63) is 0 Å². The third kappa shape index (κ3) is 11.9. The van der Waals surface area contributed by atoms with Gasteiger partial charge in [0.15, 0.2) is 0 Å². The van der Waals surface area contributed by atoms with E-state index in [1.165, 1.54) is 6.42 Å². The first-order chi connectivity index (χ1) is 9.97. The van der Waals surface area contributed by atoms with Crippen molar-refractivity contribution in [3.8, 4) is 0 Å². The zero-order valence-electron chi connectivity index (χ0n) is 13.4. The van der Waals surface area contributed by atoms with E-state index in [1.807, 2.05) is 0 Å². The molecular formula is C13H30N6O2. The van der Waals surface area contributed by atoms with E-state index in [4.69, 9.17) is 26.2 Å². The molecule has 0 unspecified atom stereocenters. The lowest BCUT2D eigenvalue weighted by molar-refractivity contribution is -0.320. The molecule has 0 saturated carbocycles. The Bertz CT molecular complexity index is 298. The van der Waals surface area contributed by atoms with Crippen LogP contribution in [0.2, 0.25) is 0 Å². The molecule has 0 saturated heterocycles. The zero-order valence-corrected chi connectivity index (χ0v) is 13.4. The molecule has 0 spiro atoms. The van der Waals surface area contributed by atoms with E-state index >= 15 is 0 Å². The highest BCUT2D eigenvalue weighted by Gasteiger charge is 2.12. The maximum atomic E-state index is 7.79. The molecule has 0 aromatic carbocycles. The molecule has 0 aliphatic rings. The molecule has 0 aliphatic carbocycles. The van der Waals surface area contributed by atoms with Crippen molar-refractivity contribution in [1.29, 1.82) is 10.8 Å². The van der Waals surface area contributed by atoms with E-state index in [9.17, 15) is 0 Å². The molecule has 0 aliphatic heterocycles. The lowest BCUT2D eigenvalue weighted by atomic mass is 10.1. The third-order valence-corrected chi connectivity index (χ3v) is 2.61. The number of hydrazine groups is 1. The molecule has 0 aromatic rings. The molecule has 0 radical (unpaired) electrons. The van der Waals surface area contributed by atoms with Crippen LogP contribution in [0.1, 0.15) is 52.9 Å². The van der Waals surface area contributed by atoms with E-state index in [0.29, 0.717) is 19.1 Å². The van der Waals surface area contributed by atoms with Gasteiger partial charge >= 0.3 is 0 Å². The van der Waals surface area contributed by atoms with Gasteiger partial charge in [-0.05, 0) is 18.8 Å². The normalized spacial score (nSPS) is 10.5. The van der Waals surface area contributed by atoms with Crippen molar-refractivity contribution >= 4 is 11.9 Å². The zero-order chi connectivity index (χ0) is 16.1. The van der Waals surface area contributed by atoms with E-state index < -0.39 is 0 Å². The lowest BCUT2D eigenvalue weighted by Crippen LogP contribution is -2.51. The van der Waals surface area contributed by atoms with Gasteiger partial charge in [-0.25, -0.2) is 9.68 Å². The summed E-state index contributed by atoms with van der Waals surface area (Å²) in [5.74, 6) is 0.0724. The molecule has 0 amide bonds. The van der Waals surface area contributed by atoms with Gasteiger partial charge in [0.25, 0.3) is 5.96 Å². The Labute approximate surface area is 127 Å². The molecule has 0 aromatic heterocycles. The Hall–Kier alpha value is -1.54. The number of guanidine groups is 2. The third-order valence-electron chi connectivity index (χ3n) is 2.61. The average molecular weight is 302 g/mol. The van der Waals surface area contributed by atoms with Gasteiger partial charge in [-0.3, -0.25) is 21.7 Å². The molecule has 0 atom stereocenters. The number of unbranched alkanes of at least 4 members (excludes halogenated alkanes) is 3.